The van der Waals surface area contributed by atoms with Crippen molar-refractivity contribution in [1.29, 1.82) is 0 Å². The smallest absolute Gasteiger partial charge is 0.0507 e. The van der Waals surface area contributed by atoms with E-state index in [0.29, 0.717) is 0 Å². The number of aromatic nitrogens is 1. The van der Waals surface area contributed by atoms with Crippen LogP contribution in [-0.4, -0.2) is 4.57 Å². The second-order valence-electron chi connectivity index (χ2n) is 2.94. The summed E-state index contributed by atoms with van der Waals surface area (Å²) in [6.07, 6.45) is 2.09. The van der Waals surface area contributed by atoms with Gasteiger partial charge in [-0.15, -0.1) is 0 Å². The highest BCUT2D eigenvalue weighted by atomic mass is 14.9. The molecule has 0 atom stereocenters. The summed E-state index contributed by atoms with van der Waals surface area (Å²) in [6.45, 7) is 2.14. The minimum absolute atomic E-state index is 1.33. The van der Waals surface area contributed by atoms with E-state index in [1.54, 1.807) is 0 Å². The van der Waals surface area contributed by atoms with Crippen molar-refractivity contribution in [2.24, 2.45) is 7.05 Å². The van der Waals surface area contributed by atoms with Crippen molar-refractivity contribution in [3.63, 3.8) is 0 Å². The van der Waals surface area contributed by atoms with E-state index in [4.69, 9.17) is 0 Å². The predicted molar refractivity (Wildman–Crippen MR) is 47.7 cm³/mol. The van der Waals surface area contributed by atoms with Crippen LogP contribution in [0.25, 0.3) is 10.9 Å². The molecule has 1 aromatic heterocycles. The quantitative estimate of drug-likeness (QED) is 0.536. The van der Waals surface area contributed by atoms with Crippen LogP contribution in [0, 0.1) is 6.92 Å². The van der Waals surface area contributed by atoms with Gasteiger partial charge in [0.2, 0.25) is 0 Å². The van der Waals surface area contributed by atoms with Gasteiger partial charge in [0, 0.05) is 13.2 Å². The molecule has 0 N–H and O–H groups in total. The Morgan fingerprint density at radius 3 is 2.73 bits per heavy atom. The average molecular weight is 145 g/mol. The van der Waals surface area contributed by atoms with Crippen molar-refractivity contribution in [3.05, 3.63) is 36.0 Å². The zero-order valence-corrected chi connectivity index (χ0v) is 6.83. The van der Waals surface area contributed by atoms with Crippen LogP contribution in [-0.2, 0) is 7.05 Å². The Balaban J connectivity index is 2.96. The largest absolute Gasteiger partial charge is 0.350 e. The maximum absolute atomic E-state index is 2.16. The number of para-hydroxylation sites is 1. The molecular formula is C10H11N. The minimum atomic E-state index is 1.33. The molecule has 1 aromatic carbocycles. The first-order valence-corrected chi connectivity index (χ1v) is 3.80. The minimum Gasteiger partial charge on any atom is -0.350 e. The number of rotatable bonds is 0. The van der Waals surface area contributed by atoms with E-state index < -0.39 is 0 Å². The van der Waals surface area contributed by atoms with Gasteiger partial charge in [0.25, 0.3) is 0 Å². The van der Waals surface area contributed by atoms with Gasteiger partial charge in [-0.05, 0) is 23.9 Å². The molecule has 0 aliphatic heterocycles. The Bertz CT molecular complexity index is 385. The van der Waals surface area contributed by atoms with Gasteiger partial charge >= 0.3 is 0 Å². The molecule has 56 valence electrons. The SMILES string of the molecule is Cc1cccc2ccn(C)c12. The van der Waals surface area contributed by atoms with Gasteiger partial charge in [-0.2, -0.15) is 0 Å². The van der Waals surface area contributed by atoms with Gasteiger partial charge in [0.1, 0.15) is 0 Å². The van der Waals surface area contributed by atoms with Crippen LogP contribution in [0.1, 0.15) is 5.56 Å². The summed E-state index contributed by atoms with van der Waals surface area (Å²) in [5, 5.41) is 1.33. The summed E-state index contributed by atoms with van der Waals surface area (Å²) < 4.78 is 2.16. The lowest BCUT2D eigenvalue weighted by Crippen LogP contribution is -1.86. The molecule has 1 heterocycles. The van der Waals surface area contributed by atoms with Crippen molar-refractivity contribution >= 4 is 10.9 Å². The molecule has 11 heavy (non-hydrogen) atoms. The summed E-state index contributed by atoms with van der Waals surface area (Å²) in [5.74, 6) is 0. The second kappa shape index (κ2) is 2.12. The highest BCUT2D eigenvalue weighted by Crippen LogP contribution is 2.17. The zero-order chi connectivity index (χ0) is 7.84. The molecular weight excluding hydrogens is 134 g/mol. The van der Waals surface area contributed by atoms with Gasteiger partial charge in [-0.25, -0.2) is 0 Å². The number of nitrogens with zero attached hydrogens (tertiary/aromatic N) is 1. The number of hydrogen-bond donors (Lipinski definition) is 0. The highest BCUT2D eigenvalue weighted by molar-refractivity contribution is 5.82. The Kier molecular flexibility index (Phi) is 1.25. The molecule has 0 aliphatic carbocycles. The molecule has 2 aromatic rings. The molecule has 0 amide bonds. The first-order chi connectivity index (χ1) is 5.29. The molecule has 0 saturated carbocycles. The van der Waals surface area contributed by atoms with Crippen molar-refractivity contribution in [3.8, 4) is 0 Å². The molecule has 0 unspecified atom stereocenters. The van der Waals surface area contributed by atoms with Crippen LogP contribution in [0.4, 0.5) is 0 Å². The van der Waals surface area contributed by atoms with Crippen LogP contribution in [0.2, 0.25) is 0 Å². The standard InChI is InChI=1S/C10H11N/c1-8-4-3-5-9-6-7-11(2)10(8)9/h3-7H,1-2H3. The van der Waals surface area contributed by atoms with Crippen LogP contribution in [0.15, 0.2) is 30.5 Å². The van der Waals surface area contributed by atoms with Gasteiger partial charge in [0.15, 0.2) is 0 Å². The van der Waals surface area contributed by atoms with E-state index in [0.717, 1.165) is 0 Å². The zero-order valence-electron chi connectivity index (χ0n) is 6.83. The third kappa shape index (κ3) is 0.845. The average Bonchev–Trinajstić information content (AvgIpc) is 2.34. The molecule has 0 bridgehead atoms. The fourth-order valence-electron chi connectivity index (χ4n) is 1.56. The molecule has 1 nitrogen and oxygen atoms in total. The monoisotopic (exact) mass is 145 g/mol. The molecule has 0 radical (unpaired) electrons. The molecule has 2 rings (SSSR count). The molecule has 0 aliphatic rings. The third-order valence-corrected chi connectivity index (χ3v) is 2.10. The van der Waals surface area contributed by atoms with Crippen LogP contribution in [0.5, 0.6) is 0 Å². The maximum atomic E-state index is 2.16. The summed E-state index contributed by atoms with van der Waals surface area (Å²) >= 11 is 0. The van der Waals surface area contributed by atoms with E-state index in [-0.39, 0.29) is 0 Å². The lowest BCUT2D eigenvalue weighted by atomic mass is 10.2. The van der Waals surface area contributed by atoms with E-state index in [2.05, 4.69) is 49.0 Å². The molecule has 0 fully saturated rings. The topological polar surface area (TPSA) is 4.93 Å². The highest BCUT2D eigenvalue weighted by Gasteiger charge is 1.98. The number of benzene rings is 1. The van der Waals surface area contributed by atoms with Crippen molar-refractivity contribution in [2.75, 3.05) is 0 Å². The van der Waals surface area contributed by atoms with Gasteiger partial charge in [0.05, 0.1) is 5.52 Å². The van der Waals surface area contributed by atoms with Gasteiger partial charge < -0.3 is 4.57 Å². The van der Waals surface area contributed by atoms with Crippen LogP contribution in [0.3, 0.4) is 0 Å². The Labute approximate surface area is 66.3 Å². The summed E-state index contributed by atoms with van der Waals surface area (Å²) in [5.41, 5.74) is 2.68. The van der Waals surface area contributed by atoms with Crippen molar-refractivity contribution in [1.82, 2.24) is 4.57 Å². The second-order valence-corrected chi connectivity index (χ2v) is 2.94. The lowest BCUT2D eigenvalue weighted by Gasteiger charge is -1.98. The van der Waals surface area contributed by atoms with E-state index in [9.17, 15) is 0 Å². The number of aryl methyl sites for hydroxylation is 2. The predicted octanol–water partition coefficient (Wildman–Crippen LogP) is 2.49. The fourth-order valence-corrected chi connectivity index (χ4v) is 1.56. The Hall–Kier alpha value is -1.24. The Morgan fingerprint density at radius 1 is 1.18 bits per heavy atom. The van der Waals surface area contributed by atoms with Gasteiger partial charge in [-0.1, -0.05) is 18.2 Å². The fraction of sp³-hybridized carbons (Fsp3) is 0.200. The molecule has 1 heteroatoms. The Morgan fingerprint density at radius 2 is 2.00 bits per heavy atom. The first-order valence-electron chi connectivity index (χ1n) is 3.80. The summed E-state index contributed by atoms with van der Waals surface area (Å²) in [4.78, 5) is 0. The van der Waals surface area contributed by atoms with E-state index >= 15 is 0 Å². The van der Waals surface area contributed by atoms with Crippen molar-refractivity contribution in [2.45, 2.75) is 6.92 Å². The molecule has 0 spiro atoms. The summed E-state index contributed by atoms with van der Waals surface area (Å²) in [7, 11) is 2.08. The van der Waals surface area contributed by atoms with Crippen molar-refractivity contribution < 1.29 is 0 Å². The maximum Gasteiger partial charge on any atom is 0.0507 e. The molecule has 0 saturated heterocycles. The third-order valence-electron chi connectivity index (χ3n) is 2.10. The van der Waals surface area contributed by atoms with Crippen LogP contribution < -0.4 is 0 Å². The summed E-state index contributed by atoms with van der Waals surface area (Å²) in [6, 6.07) is 8.52. The number of hydrogen-bond acceptors (Lipinski definition) is 0. The normalized spacial score (nSPS) is 10.7. The van der Waals surface area contributed by atoms with E-state index in [1.165, 1.54) is 16.5 Å². The van der Waals surface area contributed by atoms with Gasteiger partial charge in [-0.3, -0.25) is 0 Å². The van der Waals surface area contributed by atoms with Crippen LogP contribution >= 0.6 is 0 Å². The van der Waals surface area contributed by atoms with E-state index in [1.807, 2.05) is 0 Å². The first kappa shape index (κ1) is 6.47. The lowest BCUT2D eigenvalue weighted by molar-refractivity contribution is 0.964. The number of fused-ring (bicyclic) bond motifs is 1.